The van der Waals surface area contributed by atoms with Crippen LogP contribution in [0, 0.1) is 0 Å². The van der Waals surface area contributed by atoms with Crippen molar-refractivity contribution in [1.82, 2.24) is 4.90 Å². The number of hydrogen-bond donors (Lipinski definition) is 0. The van der Waals surface area contributed by atoms with E-state index in [9.17, 15) is 9.59 Å². The summed E-state index contributed by atoms with van der Waals surface area (Å²) in [6, 6.07) is 25.5. The zero-order valence-corrected chi connectivity index (χ0v) is 17.6. The Morgan fingerprint density at radius 2 is 1.13 bits per heavy atom. The third-order valence-electron chi connectivity index (χ3n) is 5.63. The molecule has 4 rings (SSSR count). The summed E-state index contributed by atoms with van der Waals surface area (Å²) >= 11 is 0. The van der Waals surface area contributed by atoms with Gasteiger partial charge < -0.3 is 4.74 Å². The lowest BCUT2D eigenvalue weighted by molar-refractivity contribution is 0.0651. The van der Waals surface area contributed by atoms with Crippen LogP contribution in [-0.4, -0.2) is 29.9 Å². The van der Waals surface area contributed by atoms with E-state index >= 15 is 0 Å². The molecule has 0 fully saturated rings. The van der Waals surface area contributed by atoms with Gasteiger partial charge in [0.25, 0.3) is 11.8 Å². The molecular weight excluding hydrogens is 386 g/mol. The number of fused-ring (bicyclic) bond motifs is 1. The van der Waals surface area contributed by atoms with Gasteiger partial charge in [-0.05, 0) is 36.6 Å². The second-order valence-electron chi connectivity index (χ2n) is 7.79. The quantitative estimate of drug-likeness (QED) is 0.303. The van der Waals surface area contributed by atoms with Gasteiger partial charge in [0.2, 0.25) is 0 Å². The lowest BCUT2D eigenvalue weighted by atomic mass is 10.1. The first-order chi connectivity index (χ1) is 15.3. The molecule has 0 bridgehead atoms. The van der Waals surface area contributed by atoms with Crippen molar-refractivity contribution >= 4 is 11.8 Å². The molecule has 0 N–H and O–H groups in total. The van der Waals surface area contributed by atoms with E-state index in [-0.39, 0.29) is 11.8 Å². The molecule has 4 nitrogen and oxygen atoms in total. The number of para-hydroxylation sites is 1. The molecule has 2 amide bonds. The van der Waals surface area contributed by atoms with Gasteiger partial charge in [-0.15, -0.1) is 0 Å². The Labute approximate surface area is 183 Å². The number of rotatable bonds is 10. The second-order valence-corrected chi connectivity index (χ2v) is 7.79. The van der Waals surface area contributed by atoms with E-state index in [0.29, 0.717) is 24.3 Å². The molecule has 0 spiro atoms. The highest BCUT2D eigenvalue weighted by Crippen LogP contribution is 2.29. The van der Waals surface area contributed by atoms with E-state index in [2.05, 4.69) is 18.2 Å². The van der Waals surface area contributed by atoms with Crippen LogP contribution < -0.4 is 4.74 Å². The number of carbonyl (C=O) groups is 2. The van der Waals surface area contributed by atoms with E-state index in [1.807, 2.05) is 36.4 Å². The minimum Gasteiger partial charge on any atom is -0.493 e. The Morgan fingerprint density at radius 3 is 1.84 bits per heavy atom. The van der Waals surface area contributed by atoms with Gasteiger partial charge in [0.05, 0.1) is 17.7 Å². The molecule has 0 saturated heterocycles. The third-order valence-corrected chi connectivity index (χ3v) is 5.63. The van der Waals surface area contributed by atoms with Crippen LogP contribution in [-0.2, 0) is 0 Å². The van der Waals surface area contributed by atoms with Crippen LogP contribution in [0.25, 0.3) is 11.1 Å². The number of imide groups is 1. The molecule has 158 valence electrons. The molecule has 0 radical (unpaired) electrons. The fraction of sp³-hybridized carbons (Fsp3) is 0.259. The molecule has 0 atom stereocenters. The summed E-state index contributed by atoms with van der Waals surface area (Å²) in [5, 5.41) is 0. The minimum atomic E-state index is -0.161. The van der Waals surface area contributed by atoms with Crippen LogP contribution in [0.3, 0.4) is 0 Å². The molecule has 0 unspecified atom stereocenters. The summed E-state index contributed by atoms with van der Waals surface area (Å²) in [6.45, 7) is 1.18. The lowest BCUT2D eigenvalue weighted by Crippen LogP contribution is -2.30. The molecule has 4 heteroatoms. The SMILES string of the molecule is O=C1c2ccccc2C(=O)N1CCCCCCCOc1ccccc1-c1ccccc1. The van der Waals surface area contributed by atoms with Gasteiger partial charge in [-0.2, -0.15) is 0 Å². The zero-order chi connectivity index (χ0) is 21.5. The van der Waals surface area contributed by atoms with Gasteiger partial charge in [-0.3, -0.25) is 14.5 Å². The van der Waals surface area contributed by atoms with Crippen molar-refractivity contribution in [3.63, 3.8) is 0 Å². The monoisotopic (exact) mass is 413 g/mol. The summed E-state index contributed by atoms with van der Waals surface area (Å²) in [5.74, 6) is 0.594. The predicted molar refractivity (Wildman–Crippen MR) is 122 cm³/mol. The predicted octanol–water partition coefficient (Wildman–Crippen LogP) is 5.98. The van der Waals surface area contributed by atoms with E-state index in [1.54, 1.807) is 24.3 Å². The second kappa shape index (κ2) is 10.1. The van der Waals surface area contributed by atoms with Crippen LogP contribution in [0.2, 0.25) is 0 Å². The summed E-state index contributed by atoms with van der Waals surface area (Å²) in [6.07, 6.45) is 4.94. The Balaban J connectivity index is 1.15. The van der Waals surface area contributed by atoms with Gasteiger partial charge >= 0.3 is 0 Å². The summed E-state index contributed by atoms with van der Waals surface area (Å²) < 4.78 is 6.05. The van der Waals surface area contributed by atoms with E-state index in [0.717, 1.165) is 49.0 Å². The minimum absolute atomic E-state index is 0.161. The van der Waals surface area contributed by atoms with Gasteiger partial charge in [0.1, 0.15) is 5.75 Å². The average Bonchev–Trinajstić information content (AvgIpc) is 3.06. The molecule has 1 aliphatic heterocycles. The maximum atomic E-state index is 12.4. The molecule has 0 saturated carbocycles. The topological polar surface area (TPSA) is 46.6 Å². The highest BCUT2D eigenvalue weighted by Gasteiger charge is 2.34. The normalized spacial score (nSPS) is 12.8. The van der Waals surface area contributed by atoms with Gasteiger partial charge in [-0.25, -0.2) is 0 Å². The first-order valence-electron chi connectivity index (χ1n) is 11.0. The third kappa shape index (κ3) is 4.85. The van der Waals surface area contributed by atoms with E-state index < -0.39 is 0 Å². The Bertz CT molecular complexity index is 1010. The summed E-state index contributed by atoms with van der Waals surface area (Å²) in [7, 11) is 0. The van der Waals surface area contributed by atoms with Crippen LogP contribution in [0.15, 0.2) is 78.9 Å². The number of hydrogen-bond acceptors (Lipinski definition) is 3. The van der Waals surface area contributed by atoms with Crippen molar-refractivity contribution in [3.05, 3.63) is 90.0 Å². The van der Waals surface area contributed by atoms with Crippen molar-refractivity contribution < 1.29 is 14.3 Å². The number of carbonyl (C=O) groups excluding carboxylic acids is 2. The standard InChI is InChI=1S/C27H27NO3/c29-26-23-16-7-8-17-24(23)27(30)28(26)19-11-2-1-3-12-20-31-25-18-10-9-15-22(25)21-13-5-4-6-14-21/h4-10,13-18H,1-3,11-12,19-20H2. The van der Waals surface area contributed by atoms with Crippen LogP contribution in [0.4, 0.5) is 0 Å². The van der Waals surface area contributed by atoms with E-state index in [1.165, 1.54) is 4.90 Å². The van der Waals surface area contributed by atoms with Gasteiger partial charge in [0.15, 0.2) is 0 Å². The fourth-order valence-corrected chi connectivity index (χ4v) is 3.98. The number of benzene rings is 3. The maximum Gasteiger partial charge on any atom is 0.261 e. The van der Waals surface area contributed by atoms with Crippen molar-refractivity contribution in [1.29, 1.82) is 0 Å². The summed E-state index contributed by atoms with van der Waals surface area (Å²) in [4.78, 5) is 26.1. The van der Waals surface area contributed by atoms with Crippen LogP contribution in [0.5, 0.6) is 5.75 Å². The number of amides is 2. The lowest BCUT2D eigenvalue weighted by Gasteiger charge is -2.13. The summed E-state index contributed by atoms with van der Waals surface area (Å²) in [5.41, 5.74) is 3.33. The Hall–Kier alpha value is -3.40. The molecule has 3 aromatic carbocycles. The molecule has 3 aromatic rings. The molecule has 1 aliphatic rings. The smallest absolute Gasteiger partial charge is 0.261 e. The van der Waals surface area contributed by atoms with Crippen LogP contribution in [0.1, 0.15) is 52.8 Å². The zero-order valence-electron chi connectivity index (χ0n) is 17.6. The van der Waals surface area contributed by atoms with Crippen molar-refractivity contribution in [3.8, 4) is 16.9 Å². The molecule has 1 heterocycles. The molecule has 31 heavy (non-hydrogen) atoms. The number of nitrogens with zero attached hydrogens (tertiary/aromatic N) is 1. The molecule has 0 aliphatic carbocycles. The van der Waals surface area contributed by atoms with Crippen molar-refractivity contribution in [2.75, 3.05) is 13.2 Å². The highest BCUT2D eigenvalue weighted by molar-refractivity contribution is 6.21. The fourth-order valence-electron chi connectivity index (χ4n) is 3.98. The first-order valence-corrected chi connectivity index (χ1v) is 11.0. The number of ether oxygens (including phenoxy) is 1. The maximum absolute atomic E-state index is 12.4. The average molecular weight is 414 g/mol. The van der Waals surface area contributed by atoms with Crippen LogP contribution >= 0.6 is 0 Å². The Morgan fingerprint density at radius 1 is 0.581 bits per heavy atom. The van der Waals surface area contributed by atoms with Gasteiger partial charge in [0, 0.05) is 12.1 Å². The van der Waals surface area contributed by atoms with Crippen molar-refractivity contribution in [2.45, 2.75) is 32.1 Å². The Kier molecular flexibility index (Phi) is 6.78. The molecular formula is C27H27NO3. The van der Waals surface area contributed by atoms with E-state index in [4.69, 9.17) is 4.74 Å². The molecule has 0 aromatic heterocycles. The van der Waals surface area contributed by atoms with Crippen molar-refractivity contribution in [2.24, 2.45) is 0 Å². The first kappa shape index (κ1) is 20.9. The number of unbranched alkanes of at least 4 members (excludes halogenated alkanes) is 4. The largest absolute Gasteiger partial charge is 0.493 e. The van der Waals surface area contributed by atoms with Gasteiger partial charge in [-0.1, -0.05) is 79.9 Å². The highest BCUT2D eigenvalue weighted by atomic mass is 16.5.